The van der Waals surface area contributed by atoms with Crippen molar-refractivity contribution >= 4 is 5.96 Å². The van der Waals surface area contributed by atoms with Crippen molar-refractivity contribution in [3.05, 3.63) is 0 Å². The lowest BCUT2D eigenvalue weighted by Crippen LogP contribution is -2.25. The van der Waals surface area contributed by atoms with E-state index in [1.165, 1.54) is 0 Å². The standard InChI is InChI=1S/C5H13N3O2/c1-4(8-5(6)7)10-3-2-9/h4,9H,2-3H2,1H3,(H4,6,7,8). The van der Waals surface area contributed by atoms with Crippen LogP contribution in [0.4, 0.5) is 0 Å². The molecule has 60 valence electrons. The molecule has 0 aliphatic rings. The van der Waals surface area contributed by atoms with Crippen molar-refractivity contribution in [2.24, 2.45) is 16.5 Å². The molecular weight excluding hydrogens is 134 g/mol. The molecule has 0 amide bonds. The third-order valence-electron chi connectivity index (χ3n) is 0.781. The van der Waals surface area contributed by atoms with Gasteiger partial charge in [0.15, 0.2) is 5.96 Å². The van der Waals surface area contributed by atoms with Crippen LogP contribution in [0.2, 0.25) is 0 Å². The van der Waals surface area contributed by atoms with Crippen LogP contribution in [0.5, 0.6) is 0 Å². The molecule has 1 unspecified atom stereocenters. The number of nitrogens with two attached hydrogens (primary N) is 2. The Morgan fingerprint density at radius 3 is 2.70 bits per heavy atom. The second-order valence-corrected chi connectivity index (χ2v) is 1.75. The first-order valence-corrected chi connectivity index (χ1v) is 2.98. The van der Waals surface area contributed by atoms with E-state index in [1.54, 1.807) is 6.92 Å². The van der Waals surface area contributed by atoms with E-state index in [0.29, 0.717) is 0 Å². The number of hydrogen-bond acceptors (Lipinski definition) is 3. The summed E-state index contributed by atoms with van der Waals surface area (Å²) in [5.74, 6) is -0.00885. The van der Waals surface area contributed by atoms with Crippen molar-refractivity contribution in [2.45, 2.75) is 13.2 Å². The second-order valence-electron chi connectivity index (χ2n) is 1.75. The Morgan fingerprint density at radius 2 is 2.30 bits per heavy atom. The number of rotatable bonds is 4. The van der Waals surface area contributed by atoms with Crippen LogP contribution in [0.15, 0.2) is 4.99 Å². The zero-order chi connectivity index (χ0) is 7.98. The van der Waals surface area contributed by atoms with Gasteiger partial charge in [-0.3, -0.25) is 0 Å². The fourth-order valence-corrected chi connectivity index (χ4v) is 0.470. The zero-order valence-electron chi connectivity index (χ0n) is 5.95. The fourth-order valence-electron chi connectivity index (χ4n) is 0.470. The Hall–Kier alpha value is -0.810. The maximum absolute atomic E-state index is 8.31. The summed E-state index contributed by atoms with van der Waals surface area (Å²) in [7, 11) is 0. The summed E-state index contributed by atoms with van der Waals surface area (Å²) in [6.45, 7) is 1.91. The summed E-state index contributed by atoms with van der Waals surface area (Å²) in [6.07, 6.45) is -0.378. The lowest BCUT2D eigenvalue weighted by Gasteiger charge is -2.05. The van der Waals surface area contributed by atoms with Crippen LogP contribution in [-0.4, -0.2) is 30.5 Å². The largest absolute Gasteiger partial charge is 0.394 e. The first-order valence-electron chi connectivity index (χ1n) is 2.98. The Labute approximate surface area is 59.7 Å². The van der Waals surface area contributed by atoms with E-state index >= 15 is 0 Å². The minimum absolute atomic E-state index is 0.00885. The van der Waals surface area contributed by atoms with Gasteiger partial charge in [-0.1, -0.05) is 0 Å². The predicted molar refractivity (Wildman–Crippen MR) is 38.3 cm³/mol. The zero-order valence-corrected chi connectivity index (χ0v) is 5.95. The third kappa shape index (κ3) is 5.33. The molecule has 5 nitrogen and oxygen atoms in total. The highest BCUT2D eigenvalue weighted by atomic mass is 16.5. The van der Waals surface area contributed by atoms with E-state index in [1.807, 2.05) is 0 Å². The average Bonchev–Trinajstić information content (AvgIpc) is 1.82. The van der Waals surface area contributed by atoms with E-state index in [0.717, 1.165) is 0 Å². The minimum Gasteiger partial charge on any atom is -0.394 e. The molecule has 0 saturated heterocycles. The van der Waals surface area contributed by atoms with Gasteiger partial charge in [0.2, 0.25) is 0 Å². The smallest absolute Gasteiger partial charge is 0.188 e. The number of aliphatic hydroxyl groups excluding tert-OH is 1. The molecule has 0 radical (unpaired) electrons. The maximum atomic E-state index is 8.31. The molecule has 10 heavy (non-hydrogen) atoms. The Morgan fingerprint density at radius 1 is 1.70 bits per heavy atom. The van der Waals surface area contributed by atoms with Gasteiger partial charge in [-0.05, 0) is 6.92 Å². The summed E-state index contributed by atoms with van der Waals surface area (Å²) in [4.78, 5) is 3.65. The molecule has 0 aliphatic carbocycles. The summed E-state index contributed by atoms with van der Waals surface area (Å²) >= 11 is 0. The summed E-state index contributed by atoms with van der Waals surface area (Å²) in [6, 6.07) is 0. The van der Waals surface area contributed by atoms with Gasteiger partial charge < -0.3 is 21.3 Å². The van der Waals surface area contributed by atoms with Crippen molar-refractivity contribution in [1.82, 2.24) is 0 Å². The number of guanidine groups is 1. The summed E-state index contributed by atoms with van der Waals surface area (Å²) in [5.41, 5.74) is 10.1. The fraction of sp³-hybridized carbons (Fsp3) is 0.800. The van der Waals surface area contributed by atoms with Crippen LogP contribution in [0.25, 0.3) is 0 Å². The van der Waals surface area contributed by atoms with E-state index in [4.69, 9.17) is 21.3 Å². The quantitative estimate of drug-likeness (QED) is 0.337. The van der Waals surface area contributed by atoms with Crippen LogP contribution in [0.3, 0.4) is 0 Å². The molecule has 0 bridgehead atoms. The Kier molecular flexibility index (Phi) is 4.61. The Bertz CT molecular complexity index is 111. The molecule has 0 aromatic heterocycles. The van der Waals surface area contributed by atoms with Crippen LogP contribution in [-0.2, 0) is 4.74 Å². The molecule has 0 aromatic carbocycles. The first kappa shape index (κ1) is 9.19. The average molecular weight is 147 g/mol. The molecule has 0 aliphatic heterocycles. The minimum atomic E-state index is -0.378. The SMILES string of the molecule is CC(N=C(N)N)OCCO. The van der Waals surface area contributed by atoms with Gasteiger partial charge in [0.25, 0.3) is 0 Å². The normalized spacial score (nSPS) is 12.6. The van der Waals surface area contributed by atoms with Crippen LogP contribution >= 0.6 is 0 Å². The second kappa shape index (κ2) is 5.01. The number of aliphatic hydroxyl groups is 1. The van der Waals surface area contributed by atoms with Gasteiger partial charge in [-0.25, -0.2) is 4.99 Å². The lowest BCUT2D eigenvalue weighted by atomic mass is 10.6. The summed E-state index contributed by atoms with van der Waals surface area (Å²) in [5, 5.41) is 8.31. The van der Waals surface area contributed by atoms with Gasteiger partial charge in [0.05, 0.1) is 13.2 Å². The van der Waals surface area contributed by atoms with E-state index in [9.17, 15) is 0 Å². The van der Waals surface area contributed by atoms with Crippen molar-refractivity contribution in [3.63, 3.8) is 0 Å². The van der Waals surface area contributed by atoms with E-state index < -0.39 is 0 Å². The van der Waals surface area contributed by atoms with Crippen molar-refractivity contribution in [2.75, 3.05) is 13.2 Å². The van der Waals surface area contributed by atoms with Crippen LogP contribution in [0.1, 0.15) is 6.92 Å². The van der Waals surface area contributed by atoms with Crippen LogP contribution < -0.4 is 11.5 Å². The molecule has 0 heterocycles. The highest BCUT2D eigenvalue weighted by molar-refractivity contribution is 5.75. The number of ether oxygens (including phenoxy) is 1. The molecule has 0 aromatic rings. The summed E-state index contributed by atoms with van der Waals surface area (Å²) < 4.78 is 4.90. The monoisotopic (exact) mass is 147 g/mol. The maximum Gasteiger partial charge on any atom is 0.188 e. The van der Waals surface area contributed by atoms with Gasteiger partial charge in [-0.2, -0.15) is 0 Å². The molecule has 5 N–H and O–H groups in total. The molecular formula is C5H13N3O2. The molecule has 0 saturated carbocycles. The van der Waals surface area contributed by atoms with Gasteiger partial charge >= 0.3 is 0 Å². The highest BCUT2D eigenvalue weighted by Gasteiger charge is 1.96. The van der Waals surface area contributed by atoms with Gasteiger partial charge in [0.1, 0.15) is 6.23 Å². The topological polar surface area (TPSA) is 93.9 Å². The van der Waals surface area contributed by atoms with Crippen molar-refractivity contribution < 1.29 is 9.84 Å². The van der Waals surface area contributed by atoms with Crippen molar-refractivity contribution in [1.29, 1.82) is 0 Å². The molecule has 0 spiro atoms. The number of hydrogen-bond donors (Lipinski definition) is 3. The van der Waals surface area contributed by atoms with Gasteiger partial charge in [-0.15, -0.1) is 0 Å². The Balaban J connectivity index is 3.43. The van der Waals surface area contributed by atoms with Crippen LogP contribution in [0, 0.1) is 0 Å². The van der Waals surface area contributed by atoms with E-state index in [-0.39, 0.29) is 25.4 Å². The van der Waals surface area contributed by atoms with E-state index in [2.05, 4.69) is 4.99 Å². The molecule has 0 rings (SSSR count). The highest BCUT2D eigenvalue weighted by Crippen LogP contribution is 1.89. The predicted octanol–water partition coefficient (Wildman–Crippen LogP) is -1.39. The molecule has 5 heteroatoms. The molecule has 0 fully saturated rings. The van der Waals surface area contributed by atoms with Crippen molar-refractivity contribution in [3.8, 4) is 0 Å². The first-order chi connectivity index (χ1) is 4.66. The third-order valence-corrected chi connectivity index (χ3v) is 0.781. The molecule has 1 atom stereocenters. The lowest BCUT2D eigenvalue weighted by molar-refractivity contribution is 0.0442. The number of nitrogens with zero attached hydrogens (tertiary/aromatic N) is 1. The number of aliphatic imine (C=N–C) groups is 1. The van der Waals surface area contributed by atoms with Gasteiger partial charge in [0, 0.05) is 0 Å².